The highest BCUT2D eigenvalue weighted by Crippen LogP contribution is 2.24. The molecule has 0 aliphatic rings. The first-order valence-corrected chi connectivity index (χ1v) is 6.73. The Kier molecular flexibility index (Phi) is 3.38. The molecule has 0 atom stereocenters. The fraction of sp³-hybridized carbons (Fsp3) is 0.133. The Bertz CT molecular complexity index is 933. The molecule has 22 heavy (non-hydrogen) atoms. The van der Waals surface area contributed by atoms with Crippen molar-refractivity contribution in [2.24, 2.45) is 0 Å². The number of hydrogen-bond donors (Lipinski definition) is 0. The Hall–Kier alpha value is -3.09. The second-order valence-electron chi connectivity index (χ2n) is 4.68. The van der Waals surface area contributed by atoms with Gasteiger partial charge < -0.3 is 0 Å². The molecule has 0 bridgehead atoms. The van der Waals surface area contributed by atoms with Crippen LogP contribution in [0.2, 0.25) is 0 Å². The van der Waals surface area contributed by atoms with Crippen molar-refractivity contribution < 1.29 is 4.92 Å². The summed E-state index contributed by atoms with van der Waals surface area (Å²) in [5.74, 6) is 0.934. The number of nitro groups is 1. The third-order valence-corrected chi connectivity index (χ3v) is 3.28. The van der Waals surface area contributed by atoms with E-state index in [2.05, 4.69) is 9.97 Å². The molecule has 0 saturated carbocycles. The first-order valence-electron chi connectivity index (χ1n) is 6.73. The van der Waals surface area contributed by atoms with Gasteiger partial charge in [0.05, 0.1) is 15.8 Å². The number of aryl methyl sites for hydroxylation is 1. The maximum Gasteiger partial charge on any atom is 0.270 e. The number of hydrogen-bond acceptors (Lipinski definition) is 5. The third-order valence-electron chi connectivity index (χ3n) is 3.28. The van der Waals surface area contributed by atoms with Gasteiger partial charge in [0.2, 0.25) is 0 Å². The molecular formula is C15H12N4O3. The number of non-ortho nitro benzene ring substituents is 1. The SMILES string of the molecule is CCc1nc(-n2ccccc2=O)c2cc([N+](=O)[O-])ccc2n1. The maximum atomic E-state index is 12.1. The van der Waals surface area contributed by atoms with Crippen molar-refractivity contribution in [2.45, 2.75) is 13.3 Å². The predicted octanol–water partition coefficient (Wildman–Crippen LogP) is 2.25. The summed E-state index contributed by atoms with van der Waals surface area (Å²) < 4.78 is 1.37. The van der Waals surface area contributed by atoms with Gasteiger partial charge in [0.25, 0.3) is 11.2 Å². The second-order valence-corrected chi connectivity index (χ2v) is 4.68. The topological polar surface area (TPSA) is 90.9 Å². The average molecular weight is 296 g/mol. The highest BCUT2D eigenvalue weighted by Gasteiger charge is 2.14. The van der Waals surface area contributed by atoms with E-state index in [1.807, 2.05) is 6.92 Å². The zero-order valence-electron chi connectivity index (χ0n) is 11.8. The number of nitrogens with zero attached hydrogens (tertiary/aromatic N) is 4. The van der Waals surface area contributed by atoms with Crippen molar-refractivity contribution in [3.63, 3.8) is 0 Å². The number of nitro benzene ring substituents is 1. The maximum absolute atomic E-state index is 12.1. The van der Waals surface area contributed by atoms with Crippen LogP contribution in [0.1, 0.15) is 12.7 Å². The lowest BCUT2D eigenvalue weighted by molar-refractivity contribution is -0.384. The molecule has 0 fully saturated rings. The summed E-state index contributed by atoms with van der Waals surface area (Å²) in [6.45, 7) is 1.91. The molecule has 0 aliphatic heterocycles. The van der Waals surface area contributed by atoms with Crippen molar-refractivity contribution in [1.29, 1.82) is 0 Å². The second kappa shape index (κ2) is 5.36. The lowest BCUT2D eigenvalue weighted by atomic mass is 10.2. The molecule has 110 valence electrons. The van der Waals surface area contributed by atoms with Crippen molar-refractivity contribution in [3.05, 3.63) is 68.9 Å². The van der Waals surface area contributed by atoms with Crippen molar-refractivity contribution >= 4 is 16.6 Å². The minimum absolute atomic E-state index is 0.0643. The van der Waals surface area contributed by atoms with E-state index in [9.17, 15) is 14.9 Å². The average Bonchev–Trinajstić information content (AvgIpc) is 2.53. The van der Waals surface area contributed by atoms with Crippen LogP contribution in [0.15, 0.2) is 47.4 Å². The quantitative estimate of drug-likeness (QED) is 0.546. The molecule has 3 rings (SSSR count). The van der Waals surface area contributed by atoms with Crippen LogP contribution in [0, 0.1) is 10.1 Å². The van der Waals surface area contributed by atoms with Gasteiger partial charge in [-0.2, -0.15) is 0 Å². The molecule has 0 amide bonds. The zero-order chi connectivity index (χ0) is 15.7. The van der Waals surface area contributed by atoms with Gasteiger partial charge in [0.15, 0.2) is 5.82 Å². The van der Waals surface area contributed by atoms with Gasteiger partial charge in [-0.1, -0.05) is 13.0 Å². The summed E-state index contributed by atoms with van der Waals surface area (Å²) in [6.07, 6.45) is 2.18. The number of pyridine rings is 1. The number of aromatic nitrogens is 3. The van der Waals surface area contributed by atoms with E-state index in [-0.39, 0.29) is 11.2 Å². The first kappa shape index (κ1) is 13.9. The Labute approximate surface area is 125 Å². The molecule has 0 spiro atoms. The van der Waals surface area contributed by atoms with E-state index in [0.717, 1.165) is 0 Å². The predicted molar refractivity (Wildman–Crippen MR) is 81.2 cm³/mol. The number of rotatable bonds is 3. The van der Waals surface area contributed by atoms with Crippen LogP contribution in [0.25, 0.3) is 16.7 Å². The smallest absolute Gasteiger partial charge is 0.269 e. The monoisotopic (exact) mass is 296 g/mol. The highest BCUT2D eigenvalue weighted by atomic mass is 16.6. The summed E-state index contributed by atoms with van der Waals surface area (Å²) in [5, 5.41) is 11.5. The lowest BCUT2D eigenvalue weighted by Crippen LogP contribution is -2.18. The Balaban J connectivity index is 2.40. The molecule has 3 aromatic rings. The van der Waals surface area contributed by atoms with E-state index in [1.165, 1.54) is 22.8 Å². The molecule has 0 aliphatic carbocycles. The fourth-order valence-corrected chi connectivity index (χ4v) is 2.20. The molecular weight excluding hydrogens is 284 g/mol. The fourth-order valence-electron chi connectivity index (χ4n) is 2.20. The Morgan fingerprint density at radius 1 is 1.23 bits per heavy atom. The van der Waals surface area contributed by atoms with E-state index >= 15 is 0 Å². The summed E-state index contributed by atoms with van der Waals surface area (Å²) in [6, 6.07) is 9.11. The van der Waals surface area contributed by atoms with Crippen LogP contribution in [0.5, 0.6) is 0 Å². The molecule has 0 N–H and O–H groups in total. The van der Waals surface area contributed by atoms with Gasteiger partial charge in [-0.25, -0.2) is 9.97 Å². The van der Waals surface area contributed by atoms with Gasteiger partial charge >= 0.3 is 0 Å². The van der Waals surface area contributed by atoms with Crippen LogP contribution in [0.4, 0.5) is 5.69 Å². The van der Waals surface area contributed by atoms with E-state index in [1.54, 1.807) is 24.4 Å². The van der Waals surface area contributed by atoms with Crippen molar-refractivity contribution in [2.75, 3.05) is 0 Å². The summed E-state index contributed by atoms with van der Waals surface area (Å²) >= 11 is 0. The minimum Gasteiger partial charge on any atom is -0.269 e. The van der Waals surface area contributed by atoms with Crippen LogP contribution in [0.3, 0.4) is 0 Å². The van der Waals surface area contributed by atoms with Crippen LogP contribution >= 0.6 is 0 Å². The molecule has 0 radical (unpaired) electrons. The summed E-state index contributed by atoms with van der Waals surface area (Å²) in [4.78, 5) is 31.3. The van der Waals surface area contributed by atoms with Gasteiger partial charge in [0.1, 0.15) is 5.82 Å². The van der Waals surface area contributed by atoms with Crippen LogP contribution in [-0.2, 0) is 6.42 Å². The molecule has 0 unspecified atom stereocenters. The third kappa shape index (κ3) is 2.32. The summed E-state index contributed by atoms with van der Waals surface area (Å²) in [7, 11) is 0. The summed E-state index contributed by atoms with van der Waals surface area (Å²) in [5.41, 5.74) is 0.254. The Morgan fingerprint density at radius 3 is 2.73 bits per heavy atom. The molecule has 7 heteroatoms. The molecule has 2 aromatic heterocycles. The lowest BCUT2D eigenvalue weighted by Gasteiger charge is -2.09. The van der Waals surface area contributed by atoms with Gasteiger partial charge in [0, 0.05) is 30.8 Å². The number of benzene rings is 1. The molecule has 2 heterocycles. The Morgan fingerprint density at radius 2 is 2.05 bits per heavy atom. The normalized spacial score (nSPS) is 10.8. The standard InChI is InChI=1S/C15H12N4O3/c1-2-13-16-12-7-6-10(19(21)22)9-11(12)15(17-13)18-8-4-3-5-14(18)20/h3-9H,2H2,1H3. The molecule has 1 aromatic carbocycles. The van der Waals surface area contributed by atoms with E-state index in [0.29, 0.717) is 29.0 Å². The van der Waals surface area contributed by atoms with Crippen LogP contribution < -0.4 is 5.56 Å². The minimum atomic E-state index is -0.481. The first-order chi connectivity index (χ1) is 10.6. The van der Waals surface area contributed by atoms with Gasteiger partial charge in [-0.15, -0.1) is 0 Å². The van der Waals surface area contributed by atoms with Crippen molar-refractivity contribution in [1.82, 2.24) is 14.5 Å². The largest absolute Gasteiger partial charge is 0.270 e. The van der Waals surface area contributed by atoms with Crippen molar-refractivity contribution in [3.8, 4) is 5.82 Å². The van der Waals surface area contributed by atoms with E-state index in [4.69, 9.17) is 0 Å². The van der Waals surface area contributed by atoms with Gasteiger partial charge in [-0.3, -0.25) is 19.5 Å². The number of fused-ring (bicyclic) bond motifs is 1. The van der Waals surface area contributed by atoms with Gasteiger partial charge in [-0.05, 0) is 12.1 Å². The zero-order valence-corrected chi connectivity index (χ0v) is 11.8. The van der Waals surface area contributed by atoms with Crippen LogP contribution in [-0.4, -0.2) is 19.5 Å². The molecule has 7 nitrogen and oxygen atoms in total. The molecule has 0 saturated heterocycles. The highest BCUT2D eigenvalue weighted by molar-refractivity contribution is 5.87. The van der Waals surface area contributed by atoms with E-state index < -0.39 is 4.92 Å².